The minimum absolute atomic E-state index is 0.215. The molecule has 0 saturated carbocycles. The van der Waals surface area contributed by atoms with E-state index in [4.69, 9.17) is 0 Å². The highest BCUT2D eigenvalue weighted by molar-refractivity contribution is 5.66. The van der Waals surface area contributed by atoms with Gasteiger partial charge >= 0.3 is 6.18 Å². The number of halogens is 3. The Hall–Kier alpha value is -2.03. The topological polar surface area (TPSA) is 89.2 Å². The number of nitrogens with zero attached hydrogens (tertiary/aromatic N) is 3. The van der Waals surface area contributed by atoms with Gasteiger partial charge in [-0.15, -0.1) is 0 Å². The summed E-state index contributed by atoms with van der Waals surface area (Å²) in [5.41, 5.74) is -0.963. The number of imide groups is 1. The number of hydrogen-bond acceptors (Lipinski definition) is 5. The molecule has 1 heterocycles. The maximum Gasteiger partial charge on any atom is 0.434 e. The summed E-state index contributed by atoms with van der Waals surface area (Å²) >= 11 is 0. The normalized spacial score (nSPS) is 9.75. The van der Waals surface area contributed by atoms with Gasteiger partial charge in [0.05, 0.1) is 6.20 Å². The number of carbonyl (C=O) groups excluding carboxylic acids is 2. The summed E-state index contributed by atoms with van der Waals surface area (Å²) in [4.78, 5) is 24.9. The molecule has 0 fully saturated rings. The predicted molar refractivity (Wildman–Crippen MR) is 45.2 cm³/mol. The molecule has 0 aliphatic heterocycles. The Morgan fingerprint density at radius 1 is 1.25 bits per heavy atom. The number of hydrogen-bond donors (Lipinski definition) is 1. The van der Waals surface area contributed by atoms with Gasteiger partial charge in [0, 0.05) is 12.4 Å². The summed E-state index contributed by atoms with van der Waals surface area (Å²) < 4.78 is 35.1. The van der Waals surface area contributed by atoms with E-state index in [1.807, 2.05) is 0 Å². The number of rotatable bonds is 2. The van der Waals surface area contributed by atoms with Gasteiger partial charge < -0.3 is 0 Å². The van der Waals surface area contributed by atoms with Crippen molar-refractivity contribution in [2.75, 3.05) is 0 Å². The Morgan fingerprint density at radius 2 is 1.81 bits per heavy atom. The predicted octanol–water partition coefficient (Wildman–Crippen LogP) is -0.0297. The maximum absolute atomic E-state index is 11.7. The molecule has 0 spiro atoms. The second-order valence-corrected chi connectivity index (χ2v) is 2.25. The molecule has 6 nitrogen and oxygen atoms in total. The molecule has 16 heavy (non-hydrogen) atoms. The zero-order valence-electron chi connectivity index (χ0n) is 7.76. The molecule has 88 valence electrons. The SMILES string of the molecule is FC(F)(F)c1cnccn1.NN(C=O)C=O. The highest BCUT2D eigenvalue weighted by Gasteiger charge is 2.32. The third-order valence-corrected chi connectivity index (χ3v) is 1.10. The van der Waals surface area contributed by atoms with Gasteiger partial charge in [0.25, 0.3) is 0 Å². The molecule has 0 atom stereocenters. The van der Waals surface area contributed by atoms with E-state index in [0.29, 0.717) is 11.2 Å². The Morgan fingerprint density at radius 3 is 2.00 bits per heavy atom. The van der Waals surface area contributed by atoms with E-state index in [1.54, 1.807) is 0 Å². The van der Waals surface area contributed by atoms with E-state index in [0.717, 1.165) is 6.20 Å². The second-order valence-electron chi connectivity index (χ2n) is 2.25. The van der Waals surface area contributed by atoms with Crippen LogP contribution in [-0.4, -0.2) is 27.8 Å². The van der Waals surface area contributed by atoms with Crippen LogP contribution in [0.5, 0.6) is 0 Å². The summed E-state index contributed by atoms with van der Waals surface area (Å²) in [5, 5.41) is 0.389. The third kappa shape index (κ3) is 5.65. The van der Waals surface area contributed by atoms with Gasteiger partial charge in [0.2, 0.25) is 12.8 Å². The van der Waals surface area contributed by atoms with Crippen LogP contribution in [0.3, 0.4) is 0 Å². The molecule has 0 radical (unpaired) electrons. The van der Waals surface area contributed by atoms with Gasteiger partial charge in [-0.3, -0.25) is 14.6 Å². The summed E-state index contributed by atoms with van der Waals surface area (Å²) in [6.07, 6.45) is -1.08. The number of alkyl halides is 3. The van der Waals surface area contributed by atoms with Crippen LogP contribution in [0.4, 0.5) is 13.2 Å². The van der Waals surface area contributed by atoms with Crippen molar-refractivity contribution in [3.8, 4) is 0 Å². The Kier molecular flexibility index (Phi) is 5.63. The molecule has 1 aromatic rings. The molecule has 0 aliphatic carbocycles. The lowest BCUT2D eigenvalue weighted by Gasteiger charge is -2.01. The zero-order chi connectivity index (χ0) is 12.6. The Labute approximate surface area is 87.9 Å². The Bertz CT molecular complexity index is 322. The molecule has 1 aromatic heterocycles. The van der Waals surface area contributed by atoms with E-state index >= 15 is 0 Å². The molecule has 2 N–H and O–H groups in total. The first-order valence-corrected chi connectivity index (χ1v) is 3.68. The van der Waals surface area contributed by atoms with Crippen LogP contribution in [-0.2, 0) is 15.8 Å². The summed E-state index contributed by atoms with van der Waals surface area (Å²) in [6.45, 7) is 0. The first-order valence-electron chi connectivity index (χ1n) is 3.68. The van der Waals surface area contributed by atoms with E-state index < -0.39 is 11.9 Å². The summed E-state index contributed by atoms with van der Waals surface area (Å²) in [6, 6.07) is 0. The molecule has 1 rings (SSSR count). The number of carbonyl (C=O) groups is 2. The fourth-order valence-corrected chi connectivity index (χ4v) is 0.470. The monoisotopic (exact) mass is 236 g/mol. The molecule has 0 aromatic carbocycles. The van der Waals surface area contributed by atoms with Gasteiger partial charge in [0.1, 0.15) is 0 Å². The fraction of sp³-hybridized carbons (Fsp3) is 0.143. The number of aromatic nitrogens is 2. The van der Waals surface area contributed by atoms with Crippen molar-refractivity contribution < 1.29 is 22.8 Å². The molecule has 0 saturated heterocycles. The van der Waals surface area contributed by atoms with Gasteiger partial charge in [-0.25, -0.2) is 15.8 Å². The largest absolute Gasteiger partial charge is 0.434 e. The molecular weight excluding hydrogens is 229 g/mol. The minimum Gasteiger partial charge on any atom is -0.277 e. The Balaban J connectivity index is 0.000000325. The average molecular weight is 236 g/mol. The molecule has 0 aliphatic rings. The number of amides is 2. The molecule has 0 bridgehead atoms. The maximum atomic E-state index is 11.7. The van der Waals surface area contributed by atoms with Crippen molar-refractivity contribution in [3.63, 3.8) is 0 Å². The third-order valence-electron chi connectivity index (χ3n) is 1.10. The zero-order valence-corrected chi connectivity index (χ0v) is 7.76. The standard InChI is InChI=1S/C5H3F3N2.C2H4N2O2/c6-5(7,8)4-3-9-1-2-10-4;3-4(1-5)2-6/h1-3H;1-2H,3H2. The van der Waals surface area contributed by atoms with Crippen LogP contribution in [0.25, 0.3) is 0 Å². The minimum atomic E-state index is -4.38. The van der Waals surface area contributed by atoms with E-state index in [9.17, 15) is 22.8 Å². The molecule has 0 unspecified atom stereocenters. The van der Waals surface area contributed by atoms with Gasteiger partial charge in [0.15, 0.2) is 5.69 Å². The molecular formula is C7H7F3N4O2. The lowest BCUT2D eigenvalue weighted by molar-refractivity contribution is -0.141. The van der Waals surface area contributed by atoms with Crippen molar-refractivity contribution in [1.82, 2.24) is 15.0 Å². The van der Waals surface area contributed by atoms with Crippen LogP contribution in [0.1, 0.15) is 5.69 Å². The second kappa shape index (κ2) is 6.45. The first-order chi connectivity index (χ1) is 7.41. The van der Waals surface area contributed by atoms with Crippen LogP contribution < -0.4 is 5.84 Å². The quantitative estimate of drug-likeness (QED) is 0.337. The lowest BCUT2D eigenvalue weighted by Crippen LogP contribution is -2.26. The van der Waals surface area contributed by atoms with Gasteiger partial charge in [-0.05, 0) is 0 Å². The van der Waals surface area contributed by atoms with Gasteiger partial charge in [-0.2, -0.15) is 13.2 Å². The summed E-state index contributed by atoms with van der Waals surface area (Å²) in [7, 11) is 0. The smallest absolute Gasteiger partial charge is 0.277 e. The lowest BCUT2D eigenvalue weighted by atomic mass is 10.4. The van der Waals surface area contributed by atoms with E-state index in [1.165, 1.54) is 6.20 Å². The highest BCUT2D eigenvalue weighted by Crippen LogP contribution is 2.25. The summed E-state index contributed by atoms with van der Waals surface area (Å²) in [5.74, 6) is 4.57. The van der Waals surface area contributed by atoms with Crippen molar-refractivity contribution in [1.29, 1.82) is 0 Å². The van der Waals surface area contributed by atoms with E-state index in [-0.39, 0.29) is 12.8 Å². The van der Waals surface area contributed by atoms with Crippen molar-refractivity contribution in [2.24, 2.45) is 5.84 Å². The number of hydrazine groups is 1. The highest BCUT2D eigenvalue weighted by atomic mass is 19.4. The van der Waals surface area contributed by atoms with Crippen molar-refractivity contribution in [2.45, 2.75) is 6.18 Å². The van der Waals surface area contributed by atoms with Crippen LogP contribution in [0.2, 0.25) is 0 Å². The molecule has 2 amide bonds. The first kappa shape index (κ1) is 14.0. The van der Waals surface area contributed by atoms with Crippen molar-refractivity contribution >= 4 is 12.8 Å². The van der Waals surface area contributed by atoms with Crippen LogP contribution in [0.15, 0.2) is 18.6 Å². The molecule has 9 heteroatoms. The van der Waals surface area contributed by atoms with Crippen molar-refractivity contribution in [3.05, 3.63) is 24.3 Å². The van der Waals surface area contributed by atoms with Crippen LogP contribution in [0, 0.1) is 0 Å². The van der Waals surface area contributed by atoms with Crippen LogP contribution >= 0.6 is 0 Å². The van der Waals surface area contributed by atoms with E-state index in [2.05, 4.69) is 15.8 Å². The van der Waals surface area contributed by atoms with Gasteiger partial charge in [-0.1, -0.05) is 0 Å². The average Bonchev–Trinajstić information content (AvgIpc) is 2.29. The number of nitrogens with two attached hydrogens (primary N) is 1. The fourth-order valence-electron chi connectivity index (χ4n) is 0.470.